The zero-order chi connectivity index (χ0) is 25.0. The van der Waals surface area contributed by atoms with E-state index in [-0.39, 0.29) is 30.6 Å². The first-order chi connectivity index (χ1) is 16.9. The molecule has 12 nitrogen and oxygen atoms in total. The van der Waals surface area contributed by atoms with Crippen molar-refractivity contribution in [3.63, 3.8) is 0 Å². The zero-order valence-electron chi connectivity index (χ0n) is 19.1. The number of hydrogen-bond donors (Lipinski definition) is 3. The minimum Gasteiger partial charge on any atom is -0.387 e. The van der Waals surface area contributed by atoms with E-state index in [4.69, 9.17) is 13.8 Å². The zero-order valence-corrected chi connectivity index (χ0v) is 20.0. The van der Waals surface area contributed by atoms with Gasteiger partial charge < -0.3 is 29.3 Å². The van der Waals surface area contributed by atoms with Crippen molar-refractivity contribution >= 4 is 30.4 Å². The van der Waals surface area contributed by atoms with Gasteiger partial charge in [-0.25, -0.2) is 14.6 Å². The van der Waals surface area contributed by atoms with E-state index in [1.165, 1.54) is 29.1 Å². The number of hydrogen-bond acceptors (Lipinski definition) is 10. The molecule has 3 N–H and O–H groups in total. The van der Waals surface area contributed by atoms with Crippen LogP contribution in [0.5, 0.6) is 0 Å². The first-order valence-electron chi connectivity index (χ1n) is 11.0. The number of aliphatic hydroxyl groups excluding tert-OH is 2. The lowest BCUT2D eigenvalue weighted by atomic mass is 10.1. The highest BCUT2D eigenvalue weighted by Crippen LogP contribution is 2.50. The Morgan fingerprint density at radius 1 is 1.17 bits per heavy atom. The van der Waals surface area contributed by atoms with E-state index in [1.54, 1.807) is 44.2 Å². The molecule has 0 aliphatic carbocycles. The Labute approximate surface area is 201 Å². The Morgan fingerprint density at radius 2 is 1.89 bits per heavy atom. The Kier molecular flexibility index (Phi) is 7.70. The van der Waals surface area contributed by atoms with Gasteiger partial charge in [0.2, 0.25) is 0 Å². The van der Waals surface area contributed by atoms with E-state index in [9.17, 15) is 19.6 Å². The maximum absolute atomic E-state index is 12.7. The molecule has 0 saturated carbocycles. The van der Waals surface area contributed by atoms with E-state index in [0.29, 0.717) is 10.9 Å². The topological polar surface area (TPSA) is 158 Å². The van der Waals surface area contributed by atoms with Crippen LogP contribution < -0.4 is 5.32 Å². The van der Waals surface area contributed by atoms with Crippen LogP contribution in [0, 0.1) is 0 Å². The number of nitrogens with zero attached hydrogens (tertiary/aromatic N) is 4. The lowest BCUT2D eigenvalue weighted by Gasteiger charge is -2.15. The van der Waals surface area contributed by atoms with E-state index in [2.05, 4.69) is 20.4 Å². The van der Waals surface area contributed by atoms with Gasteiger partial charge in [0, 0.05) is 11.4 Å². The predicted octanol–water partition coefficient (Wildman–Crippen LogP) is 2.48. The second-order valence-electron chi connectivity index (χ2n) is 7.56. The van der Waals surface area contributed by atoms with Crippen molar-refractivity contribution in [2.24, 2.45) is 0 Å². The van der Waals surface area contributed by atoms with Gasteiger partial charge in [0.05, 0.1) is 24.8 Å². The number of fused-ring (bicyclic) bond motifs is 1. The van der Waals surface area contributed by atoms with Crippen LogP contribution in [0.15, 0.2) is 54.7 Å². The van der Waals surface area contributed by atoms with Gasteiger partial charge in [0.15, 0.2) is 11.9 Å². The highest BCUT2D eigenvalue weighted by atomic mass is 31.2. The van der Waals surface area contributed by atoms with Gasteiger partial charge in [0.1, 0.15) is 30.5 Å². The monoisotopic (exact) mass is 503 g/mol. The average molecular weight is 503 g/mol. The number of rotatable bonds is 9. The molecule has 13 heteroatoms. The molecule has 3 aromatic rings. The van der Waals surface area contributed by atoms with Crippen LogP contribution in [-0.2, 0) is 18.3 Å². The molecule has 1 aliphatic rings. The van der Waals surface area contributed by atoms with Crippen molar-refractivity contribution < 1.29 is 33.4 Å². The van der Waals surface area contributed by atoms with Crippen LogP contribution in [0.2, 0.25) is 0 Å². The first kappa shape index (κ1) is 25.1. The average Bonchev–Trinajstić information content (AvgIpc) is 3.40. The number of amides is 1. The molecule has 1 aromatic carbocycles. The summed E-state index contributed by atoms with van der Waals surface area (Å²) in [5.74, 6) is 1.09. The Hall–Kier alpha value is -2.99. The van der Waals surface area contributed by atoms with Crippen molar-refractivity contribution in [3.05, 3.63) is 60.3 Å². The van der Waals surface area contributed by atoms with Gasteiger partial charge in [-0.15, -0.1) is 0 Å². The molecule has 1 aliphatic heterocycles. The van der Waals surface area contributed by atoms with E-state index < -0.39 is 32.1 Å². The number of aliphatic hydroxyl groups is 2. The number of carbonyl (C=O) groups is 1. The molecule has 35 heavy (non-hydrogen) atoms. The molecule has 1 fully saturated rings. The van der Waals surface area contributed by atoms with Crippen LogP contribution in [0.1, 0.15) is 30.4 Å². The van der Waals surface area contributed by atoms with Crippen LogP contribution in [0.25, 0.3) is 11.0 Å². The van der Waals surface area contributed by atoms with Crippen molar-refractivity contribution in [1.29, 1.82) is 0 Å². The number of ether oxygens (including phenoxy) is 1. The molecule has 1 amide bonds. The molecule has 1 saturated heterocycles. The summed E-state index contributed by atoms with van der Waals surface area (Å²) >= 11 is 0. The summed E-state index contributed by atoms with van der Waals surface area (Å²) in [6.07, 6.45) is -0.816. The van der Waals surface area contributed by atoms with E-state index >= 15 is 0 Å². The summed E-state index contributed by atoms with van der Waals surface area (Å²) in [4.78, 5) is 20.9. The Morgan fingerprint density at radius 3 is 2.57 bits per heavy atom. The first-order valence-corrected chi connectivity index (χ1v) is 12.6. The fourth-order valence-electron chi connectivity index (χ4n) is 3.64. The third-order valence-electron chi connectivity index (χ3n) is 5.25. The molecule has 0 bridgehead atoms. The number of aromatic nitrogens is 4. The standard InChI is InChI=1S/C22H26N5O7P/c1-3-32-35(31,33-4-2)11-10-16-17(28)18(29)22(34-16)27-20-15(12-25-27)19(23-13-24-20)26-21(30)14-8-6-5-7-9-14/h5-13,16-18,22,28-29H,3-4H2,1-2H3,(H,23,24,26,30)/b11-10+/t16-,17-,18-,22-/m1/s1. The Balaban J connectivity index is 1.57. The summed E-state index contributed by atoms with van der Waals surface area (Å²) in [7, 11) is -3.52. The molecule has 0 spiro atoms. The fourth-order valence-corrected chi connectivity index (χ4v) is 4.98. The smallest absolute Gasteiger partial charge is 0.353 e. The maximum Gasteiger partial charge on any atom is 0.353 e. The van der Waals surface area contributed by atoms with Crippen LogP contribution in [-0.4, -0.2) is 67.4 Å². The summed E-state index contributed by atoms with van der Waals surface area (Å²) in [6.45, 7) is 3.70. The molecule has 0 radical (unpaired) electrons. The normalized spacial score (nSPS) is 22.7. The third-order valence-corrected chi connectivity index (χ3v) is 7.03. The molecular formula is C22H26N5O7P. The molecule has 4 rings (SSSR count). The van der Waals surface area contributed by atoms with Gasteiger partial charge >= 0.3 is 7.60 Å². The van der Waals surface area contributed by atoms with E-state index in [1.807, 2.05) is 0 Å². The van der Waals surface area contributed by atoms with Crippen molar-refractivity contribution in [3.8, 4) is 0 Å². The quantitative estimate of drug-likeness (QED) is 0.371. The number of carbonyl (C=O) groups excluding carboxylic acids is 1. The lowest BCUT2D eigenvalue weighted by molar-refractivity contribution is -0.0318. The van der Waals surface area contributed by atoms with Gasteiger partial charge in [-0.1, -0.05) is 18.2 Å². The minimum absolute atomic E-state index is 0.170. The predicted molar refractivity (Wildman–Crippen MR) is 126 cm³/mol. The van der Waals surface area contributed by atoms with Gasteiger partial charge in [-0.3, -0.25) is 9.36 Å². The number of nitrogens with one attached hydrogen (secondary N) is 1. The highest BCUT2D eigenvalue weighted by molar-refractivity contribution is 7.57. The number of benzene rings is 1. The van der Waals surface area contributed by atoms with Crippen molar-refractivity contribution in [1.82, 2.24) is 19.7 Å². The molecule has 0 unspecified atom stereocenters. The third kappa shape index (κ3) is 5.32. The largest absolute Gasteiger partial charge is 0.387 e. The van der Waals surface area contributed by atoms with Gasteiger partial charge in [0.25, 0.3) is 5.91 Å². The van der Waals surface area contributed by atoms with Crippen molar-refractivity contribution in [2.45, 2.75) is 38.4 Å². The summed E-state index contributed by atoms with van der Waals surface area (Å²) < 4.78 is 30.2. The fraction of sp³-hybridized carbons (Fsp3) is 0.364. The molecular weight excluding hydrogens is 477 g/mol. The molecule has 186 valence electrons. The molecule has 2 aromatic heterocycles. The molecule has 4 atom stereocenters. The van der Waals surface area contributed by atoms with Gasteiger partial charge in [-0.2, -0.15) is 5.10 Å². The second kappa shape index (κ2) is 10.7. The maximum atomic E-state index is 12.7. The summed E-state index contributed by atoms with van der Waals surface area (Å²) in [5, 5.41) is 28.6. The van der Waals surface area contributed by atoms with Crippen LogP contribution in [0.4, 0.5) is 5.82 Å². The van der Waals surface area contributed by atoms with Crippen molar-refractivity contribution in [2.75, 3.05) is 18.5 Å². The summed E-state index contributed by atoms with van der Waals surface area (Å²) in [5.41, 5.74) is 0.730. The summed E-state index contributed by atoms with van der Waals surface area (Å²) in [6, 6.07) is 8.65. The number of anilines is 1. The van der Waals surface area contributed by atoms with Crippen LogP contribution >= 0.6 is 7.60 Å². The second-order valence-corrected chi connectivity index (χ2v) is 9.45. The van der Waals surface area contributed by atoms with Gasteiger partial charge in [-0.05, 0) is 32.1 Å². The van der Waals surface area contributed by atoms with E-state index in [0.717, 1.165) is 0 Å². The Bertz CT molecular complexity index is 1240. The molecule has 3 heterocycles. The highest BCUT2D eigenvalue weighted by Gasteiger charge is 2.44. The minimum atomic E-state index is -3.52. The SMILES string of the molecule is CCOP(=O)(/C=C/[C@H]1O[C@@H](n2ncc3c(NC(=O)c4ccccc4)ncnc32)[C@H](O)[C@@H]1O)OCC. The lowest BCUT2D eigenvalue weighted by Crippen LogP contribution is -2.31. The van der Waals surface area contributed by atoms with Crippen LogP contribution in [0.3, 0.4) is 0 Å².